The van der Waals surface area contributed by atoms with Crippen molar-refractivity contribution < 1.29 is 4.58 Å². The van der Waals surface area contributed by atoms with E-state index in [9.17, 15) is 0 Å². The zero-order valence-electron chi connectivity index (χ0n) is 8.13. The number of nitrogens with two attached hydrogens (primary N) is 1. The molecule has 2 nitrogen and oxygen atoms in total. The van der Waals surface area contributed by atoms with Gasteiger partial charge in [0.1, 0.15) is 0 Å². The molecule has 70 valence electrons. The van der Waals surface area contributed by atoms with Gasteiger partial charge in [0.25, 0.3) is 5.84 Å². The van der Waals surface area contributed by atoms with Crippen molar-refractivity contribution in [2.45, 2.75) is 6.92 Å². The maximum Gasteiger partial charge on any atom is 0.275 e. The number of amidine groups is 1. The van der Waals surface area contributed by atoms with Gasteiger partial charge in [0.15, 0.2) is 0 Å². The van der Waals surface area contributed by atoms with Crippen molar-refractivity contribution >= 4 is 21.8 Å². The summed E-state index contributed by atoms with van der Waals surface area (Å²) in [7, 11) is 3.88. The molecule has 0 aliphatic rings. The van der Waals surface area contributed by atoms with Crippen LogP contribution in [0, 0.1) is 6.92 Å². The van der Waals surface area contributed by atoms with Crippen molar-refractivity contribution in [2.75, 3.05) is 14.1 Å². The molecule has 0 aliphatic heterocycles. The molecule has 0 atom stereocenters. The summed E-state index contributed by atoms with van der Waals surface area (Å²) < 4.78 is 2.95. The van der Waals surface area contributed by atoms with Crippen LogP contribution in [0.15, 0.2) is 22.7 Å². The zero-order valence-corrected chi connectivity index (χ0v) is 9.72. The summed E-state index contributed by atoms with van der Waals surface area (Å²) in [5.74, 6) is 0.782. The van der Waals surface area contributed by atoms with Crippen LogP contribution in [0.5, 0.6) is 0 Å². The molecular formula is C10H14BrN2+. The highest BCUT2D eigenvalue weighted by Gasteiger charge is 2.12. The molecule has 0 fully saturated rings. The fraction of sp³-hybridized carbons (Fsp3) is 0.300. The van der Waals surface area contributed by atoms with E-state index in [1.165, 1.54) is 5.56 Å². The molecule has 0 unspecified atom stereocenters. The Hall–Kier alpha value is -0.830. The summed E-state index contributed by atoms with van der Waals surface area (Å²) in [4.78, 5) is 0. The van der Waals surface area contributed by atoms with E-state index in [0.29, 0.717) is 0 Å². The normalized spacial score (nSPS) is 9.85. The molecule has 3 heteroatoms. The number of nitrogens with zero attached hydrogens (tertiary/aromatic N) is 1. The molecule has 0 heterocycles. The Bertz CT molecular complexity index is 332. The van der Waals surface area contributed by atoms with Crippen molar-refractivity contribution in [2.24, 2.45) is 5.73 Å². The average Bonchev–Trinajstić information content (AvgIpc) is 2.03. The van der Waals surface area contributed by atoms with Crippen LogP contribution < -0.4 is 5.73 Å². The van der Waals surface area contributed by atoms with Gasteiger partial charge in [-0.3, -0.25) is 10.3 Å². The quantitative estimate of drug-likeness (QED) is 0.453. The second-order valence-electron chi connectivity index (χ2n) is 3.21. The summed E-state index contributed by atoms with van der Waals surface area (Å²) in [5.41, 5.74) is 8.21. The zero-order chi connectivity index (χ0) is 10.0. The fourth-order valence-corrected chi connectivity index (χ4v) is 1.85. The lowest BCUT2D eigenvalue weighted by Crippen LogP contribution is -2.25. The number of hydrogen-bond donors (Lipinski definition) is 1. The molecule has 2 N–H and O–H groups in total. The van der Waals surface area contributed by atoms with Crippen molar-refractivity contribution in [3.8, 4) is 0 Å². The van der Waals surface area contributed by atoms with Gasteiger partial charge in [-0.25, -0.2) is 0 Å². The van der Waals surface area contributed by atoms with E-state index in [2.05, 4.69) is 28.9 Å². The lowest BCUT2D eigenvalue weighted by Gasteiger charge is -2.05. The number of halogens is 1. The Morgan fingerprint density at radius 3 is 2.46 bits per heavy atom. The van der Waals surface area contributed by atoms with E-state index in [1.807, 2.05) is 30.8 Å². The van der Waals surface area contributed by atoms with Gasteiger partial charge in [-0.15, -0.1) is 0 Å². The highest BCUT2D eigenvalue weighted by Crippen LogP contribution is 2.19. The summed E-state index contributed by atoms with van der Waals surface area (Å²) in [6, 6.07) is 6.06. The molecule has 1 rings (SSSR count). The third-order valence-electron chi connectivity index (χ3n) is 1.96. The van der Waals surface area contributed by atoms with Crippen molar-refractivity contribution in [3.63, 3.8) is 0 Å². The molecule has 0 bridgehead atoms. The molecule has 0 saturated carbocycles. The number of rotatable bonds is 1. The lowest BCUT2D eigenvalue weighted by atomic mass is 10.1. The Balaban J connectivity index is 3.37. The molecule has 1 aromatic rings. The summed E-state index contributed by atoms with van der Waals surface area (Å²) in [6.45, 7) is 2.05. The van der Waals surface area contributed by atoms with Crippen LogP contribution >= 0.6 is 15.9 Å². The third-order valence-corrected chi connectivity index (χ3v) is 2.62. The Morgan fingerprint density at radius 1 is 1.38 bits per heavy atom. The largest absolute Gasteiger partial charge is 0.287 e. The molecule has 0 amide bonds. The van der Waals surface area contributed by atoms with E-state index in [1.54, 1.807) is 0 Å². The minimum Gasteiger partial charge on any atom is -0.287 e. The monoisotopic (exact) mass is 241 g/mol. The van der Waals surface area contributed by atoms with Gasteiger partial charge in [0, 0.05) is 4.47 Å². The van der Waals surface area contributed by atoms with Crippen LogP contribution in [0.4, 0.5) is 0 Å². The highest BCUT2D eigenvalue weighted by atomic mass is 79.9. The smallest absolute Gasteiger partial charge is 0.275 e. The topological polar surface area (TPSA) is 29.0 Å². The van der Waals surface area contributed by atoms with E-state index < -0.39 is 0 Å². The number of hydrogen-bond acceptors (Lipinski definition) is 0. The summed E-state index contributed by atoms with van der Waals surface area (Å²) in [5, 5.41) is 0. The highest BCUT2D eigenvalue weighted by molar-refractivity contribution is 9.10. The predicted octanol–water partition coefficient (Wildman–Crippen LogP) is 1.73. The molecule has 0 aliphatic carbocycles. The first-order valence-electron chi connectivity index (χ1n) is 4.09. The van der Waals surface area contributed by atoms with E-state index >= 15 is 0 Å². The fourth-order valence-electron chi connectivity index (χ4n) is 1.18. The molecule has 1 aromatic carbocycles. The first-order valence-corrected chi connectivity index (χ1v) is 4.88. The van der Waals surface area contributed by atoms with Crippen LogP contribution in [-0.2, 0) is 0 Å². The summed E-state index contributed by atoms with van der Waals surface area (Å²) in [6.07, 6.45) is 0. The van der Waals surface area contributed by atoms with Gasteiger partial charge in [0.05, 0.1) is 19.7 Å². The molecule has 0 aromatic heterocycles. The Labute approximate surface area is 87.2 Å². The van der Waals surface area contributed by atoms with Crippen molar-refractivity contribution in [1.82, 2.24) is 0 Å². The molecule has 0 spiro atoms. The van der Waals surface area contributed by atoms with Gasteiger partial charge < -0.3 is 0 Å². The van der Waals surface area contributed by atoms with Gasteiger partial charge in [0.2, 0.25) is 0 Å². The minimum absolute atomic E-state index is 0.782. The van der Waals surface area contributed by atoms with Crippen LogP contribution in [0.3, 0.4) is 0 Å². The van der Waals surface area contributed by atoms with Crippen LogP contribution in [0.2, 0.25) is 0 Å². The first kappa shape index (κ1) is 10.3. The number of benzene rings is 1. The number of aryl methyl sites for hydroxylation is 1. The van der Waals surface area contributed by atoms with Gasteiger partial charge in [-0.05, 0) is 34.5 Å². The predicted molar refractivity (Wildman–Crippen MR) is 59.3 cm³/mol. The maximum atomic E-state index is 5.95. The van der Waals surface area contributed by atoms with E-state index in [4.69, 9.17) is 5.73 Å². The van der Waals surface area contributed by atoms with Gasteiger partial charge in [-0.1, -0.05) is 12.1 Å². The van der Waals surface area contributed by atoms with Crippen molar-refractivity contribution in [1.29, 1.82) is 0 Å². The standard InChI is InChI=1S/C10H13BrN2/c1-7-5-4-6-8(11)9(7)10(12)13(2)3/h4-6,12H,1-3H3/p+1. The van der Waals surface area contributed by atoms with E-state index in [-0.39, 0.29) is 0 Å². The molecule has 0 radical (unpaired) electrons. The van der Waals surface area contributed by atoms with Gasteiger partial charge >= 0.3 is 0 Å². The second kappa shape index (κ2) is 3.92. The van der Waals surface area contributed by atoms with Gasteiger partial charge in [-0.2, -0.15) is 0 Å². The summed E-state index contributed by atoms with van der Waals surface area (Å²) >= 11 is 3.49. The lowest BCUT2D eigenvalue weighted by molar-refractivity contribution is -0.464. The minimum atomic E-state index is 0.782. The Kier molecular flexibility index (Phi) is 3.09. The van der Waals surface area contributed by atoms with Crippen LogP contribution in [0.25, 0.3) is 0 Å². The molecule has 0 saturated heterocycles. The Morgan fingerprint density at radius 2 is 2.00 bits per heavy atom. The van der Waals surface area contributed by atoms with Crippen LogP contribution in [-0.4, -0.2) is 24.5 Å². The first-order chi connectivity index (χ1) is 6.04. The second-order valence-corrected chi connectivity index (χ2v) is 4.07. The van der Waals surface area contributed by atoms with Crippen LogP contribution in [0.1, 0.15) is 11.1 Å². The average molecular weight is 242 g/mol. The van der Waals surface area contributed by atoms with Crippen molar-refractivity contribution in [3.05, 3.63) is 33.8 Å². The molecular weight excluding hydrogens is 228 g/mol. The maximum absolute atomic E-state index is 5.95. The van der Waals surface area contributed by atoms with E-state index in [0.717, 1.165) is 15.9 Å². The SMILES string of the molecule is Cc1cccc(Br)c1C(N)=[N+](C)C. The third kappa shape index (κ3) is 2.10. The molecule has 13 heavy (non-hydrogen) atoms.